The Balaban J connectivity index is 1.61. The minimum absolute atomic E-state index is 0.217. The summed E-state index contributed by atoms with van der Waals surface area (Å²) in [6, 6.07) is 10.5. The van der Waals surface area contributed by atoms with E-state index >= 15 is 0 Å². The molecule has 0 saturated heterocycles. The summed E-state index contributed by atoms with van der Waals surface area (Å²) in [6.45, 7) is 5.73. The van der Waals surface area contributed by atoms with Crippen LogP contribution in [0, 0.1) is 5.95 Å². The highest BCUT2D eigenvalue weighted by atomic mass is 19.1. The second kappa shape index (κ2) is 7.77. The number of hydrogen-bond donors (Lipinski definition) is 2. The maximum atomic E-state index is 13.8. The molecule has 0 bridgehead atoms. The van der Waals surface area contributed by atoms with Crippen molar-refractivity contribution in [3.05, 3.63) is 82.7 Å². The molecule has 1 aliphatic heterocycles. The van der Waals surface area contributed by atoms with Gasteiger partial charge in [0.1, 0.15) is 5.39 Å². The Bertz CT molecular complexity index is 1360. The van der Waals surface area contributed by atoms with E-state index in [0.29, 0.717) is 17.0 Å². The van der Waals surface area contributed by atoms with Crippen LogP contribution in [0.3, 0.4) is 0 Å². The maximum Gasteiger partial charge on any atom is 0.278 e. The second-order valence-electron chi connectivity index (χ2n) is 7.27. The molecule has 0 atom stereocenters. The van der Waals surface area contributed by atoms with Gasteiger partial charge in [-0.15, -0.1) is 6.58 Å². The SMILES string of the molecule is C=CCn1c(=O)c2cnc(Nc3ccc4c(c3)CCNC4)nc2n1-c1cccc(F)n1. The Labute approximate surface area is 177 Å². The molecule has 0 aliphatic carbocycles. The number of rotatable bonds is 5. The van der Waals surface area contributed by atoms with Crippen molar-refractivity contribution in [1.82, 2.24) is 29.6 Å². The number of fused-ring (bicyclic) bond motifs is 2. The molecular weight excluding hydrogens is 397 g/mol. The molecule has 31 heavy (non-hydrogen) atoms. The van der Waals surface area contributed by atoms with E-state index in [4.69, 9.17) is 0 Å². The number of anilines is 2. The third-order valence-corrected chi connectivity index (χ3v) is 5.24. The predicted octanol–water partition coefficient (Wildman–Crippen LogP) is 2.69. The van der Waals surface area contributed by atoms with Gasteiger partial charge in [0.2, 0.25) is 11.9 Å². The largest absolute Gasteiger partial charge is 0.324 e. The molecule has 0 spiro atoms. The second-order valence-corrected chi connectivity index (χ2v) is 7.27. The van der Waals surface area contributed by atoms with E-state index in [9.17, 15) is 9.18 Å². The van der Waals surface area contributed by atoms with Crippen molar-refractivity contribution in [1.29, 1.82) is 0 Å². The first-order valence-electron chi connectivity index (χ1n) is 9.96. The first-order chi connectivity index (χ1) is 15.1. The highest BCUT2D eigenvalue weighted by molar-refractivity contribution is 5.77. The quantitative estimate of drug-likeness (QED) is 0.383. The van der Waals surface area contributed by atoms with Gasteiger partial charge in [-0.05, 0) is 48.4 Å². The van der Waals surface area contributed by atoms with Crippen LogP contribution in [0.1, 0.15) is 11.1 Å². The monoisotopic (exact) mass is 417 g/mol. The number of nitrogens with one attached hydrogen (secondary N) is 2. The highest BCUT2D eigenvalue weighted by Gasteiger charge is 2.18. The van der Waals surface area contributed by atoms with Gasteiger partial charge in [-0.2, -0.15) is 9.37 Å². The average molecular weight is 417 g/mol. The first kappa shape index (κ1) is 19.1. The van der Waals surface area contributed by atoms with Crippen LogP contribution in [-0.2, 0) is 19.5 Å². The van der Waals surface area contributed by atoms with Crippen LogP contribution in [0.15, 0.2) is 60.0 Å². The standard InChI is InChI=1S/C22H20FN7O/c1-2-10-29-21(31)17-13-25-22(26-16-7-6-15-12-24-9-8-14(15)11-16)28-20(17)30(29)19-5-3-4-18(23)27-19/h2-7,11,13,24H,1,8-10,12H2,(H,25,26,28). The van der Waals surface area contributed by atoms with Crippen LogP contribution in [0.25, 0.3) is 16.9 Å². The van der Waals surface area contributed by atoms with E-state index in [2.05, 4.69) is 44.3 Å². The molecule has 0 fully saturated rings. The molecule has 0 amide bonds. The van der Waals surface area contributed by atoms with Gasteiger partial charge in [0, 0.05) is 18.4 Å². The molecule has 0 saturated carbocycles. The normalized spacial score (nSPS) is 13.2. The number of hydrogen-bond acceptors (Lipinski definition) is 6. The number of benzene rings is 1. The van der Waals surface area contributed by atoms with E-state index in [1.54, 1.807) is 12.1 Å². The molecule has 4 aromatic rings. The molecule has 5 rings (SSSR count). The van der Waals surface area contributed by atoms with Crippen molar-refractivity contribution in [3.63, 3.8) is 0 Å². The number of allylic oxidation sites excluding steroid dienone is 1. The van der Waals surface area contributed by atoms with Crippen molar-refractivity contribution in [2.24, 2.45) is 0 Å². The molecule has 9 heteroatoms. The Morgan fingerprint density at radius 1 is 1.23 bits per heavy atom. The lowest BCUT2D eigenvalue weighted by molar-refractivity contribution is 0.556. The first-order valence-corrected chi connectivity index (χ1v) is 9.96. The van der Waals surface area contributed by atoms with Gasteiger partial charge in [0.25, 0.3) is 5.56 Å². The summed E-state index contributed by atoms with van der Waals surface area (Å²) in [7, 11) is 0. The summed E-state index contributed by atoms with van der Waals surface area (Å²) < 4.78 is 16.7. The predicted molar refractivity (Wildman–Crippen MR) is 116 cm³/mol. The topological polar surface area (TPSA) is 89.7 Å². The summed E-state index contributed by atoms with van der Waals surface area (Å²) in [5, 5.41) is 6.88. The zero-order valence-corrected chi connectivity index (χ0v) is 16.7. The molecule has 156 valence electrons. The summed E-state index contributed by atoms with van der Waals surface area (Å²) in [4.78, 5) is 25.7. The zero-order chi connectivity index (χ0) is 21.4. The molecule has 2 N–H and O–H groups in total. The van der Waals surface area contributed by atoms with Gasteiger partial charge in [-0.3, -0.25) is 4.79 Å². The van der Waals surface area contributed by atoms with Crippen molar-refractivity contribution >= 4 is 22.7 Å². The lowest BCUT2D eigenvalue weighted by atomic mass is 10.0. The van der Waals surface area contributed by atoms with E-state index in [1.165, 1.54) is 38.8 Å². The molecule has 1 aromatic carbocycles. The third-order valence-electron chi connectivity index (χ3n) is 5.24. The number of pyridine rings is 1. The molecule has 3 aromatic heterocycles. The Morgan fingerprint density at radius 3 is 2.97 bits per heavy atom. The van der Waals surface area contributed by atoms with E-state index in [0.717, 1.165) is 25.2 Å². The van der Waals surface area contributed by atoms with Gasteiger partial charge in [0.15, 0.2) is 11.5 Å². The molecule has 4 heterocycles. The smallest absolute Gasteiger partial charge is 0.278 e. The van der Waals surface area contributed by atoms with Gasteiger partial charge in [-0.25, -0.2) is 19.3 Å². The van der Waals surface area contributed by atoms with Crippen LogP contribution in [-0.4, -0.2) is 30.9 Å². The molecule has 8 nitrogen and oxygen atoms in total. The van der Waals surface area contributed by atoms with Crippen LogP contribution < -0.4 is 16.2 Å². The fourth-order valence-electron chi connectivity index (χ4n) is 3.81. The minimum Gasteiger partial charge on any atom is -0.324 e. The van der Waals surface area contributed by atoms with Crippen molar-refractivity contribution in [2.45, 2.75) is 19.5 Å². The van der Waals surface area contributed by atoms with E-state index in [-0.39, 0.29) is 17.9 Å². The number of halogens is 1. The Morgan fingerprint density at radius 2 is 2.13 bits per heavy atom. The van der Waals surface area contributed by atoms with E-state index in [1.807, 2.05) is 6.07 Å². The van der Waals surface area contributed by atoms with Crippen LogP contribution in [0.2, 0.25) is 0 Å². The minimum atomic E-state index is -0.645. The highest BCUT2D eigenvalue weighted by Crippen LogP contribution is 2.22. The fraction of sp³-hybridized carbons (Fsp3) is 0.182. The summed E-state index contributed by atoms with van der Waals surface area (Å²) in [5.41, 5.74) is 3.46. The van der Waals surface area contributed by atoms with Gasteiger partial charge in [0.05, 0.1) is 6.54 Å². The van der Waals surface area contributed by atoms with Crippen LogP contribution in [0.5, 0.6) is 0 Å². The van der Waals surface area contributed by atoms with Crippen molar-refractivity contribution in [2.75, 3.05) is 11.9 Å². The lowest BCUT2D eigenvalue weighted by Crippen LogP contribution is -2.23. The average Bonchev–Trinajstić information content (AvgIpc) is 3.05. The third kappa shape index (κ3) is 3.49. The molecule has 0 radical (unpaired) electrons. The van der Waals surface area contributed by atoms with Crippen LogP contribution >= 0.6 is 0 Å². The van der Waals surface area contributed by atoms with Crippen LogP contribution in [0.4, 0.5) is 16.0 Å². The lowest BCUT2D eigenvalue weighted by Gasteiger charge is -2.18. The number of aromatic nitrogens is 5. The molecule has 0 unspecified atom stereocenters. The zero-order valence-electron chi connectivity index (χ0n) is 16.7. The fourth-order valence-corrected chi connectivity index (χ4v) is 3.81. The molecule has 1 aliphatic rings. The van der Waals surface area contributed by atoms with E-state index < -0.39 is 5.95 Å². The van der Waals surface area contributed by atoms with Gasteiger partial charge in [-0.1, -0.05) is 18.2 Å². The van der Waals surface area contributed by atoms with Gasteiger partial charge < -0.3 is 10.6 Å². The summed E-state index contributed by atoms with van der Waals surface area (Å²) >= 11 is 0. The Hall–Kier alpha value is -3.85. The summed E-state index contributed by atoms with van der Waals surface area (Å²) in [6.07, 6.45) is 4.02. The van der Waals surface area contributed by atoms with Crippen molar-refractivity contribution in [3.8, 4) is 5.82 Å². The van der Waals surface area contributed by atoms with Crippen molar-refractivity contribution < 1.29 is 4.39 Å². The number of nitrogens with zero attached hydrogens (tertiary/aromatic N) is 5. The molecular formula is C22H20FN7O. The summed E-state index contributed by atoms with van der Waals surface area (Å²) in [5.74, 6) is -0.0601. The van der Waals surface area contributed by atoms with Gasteiger partial charge >= 0.3 is 0 Å². The maximum absolute atomic E-state index is 13.8. The Kier molecular flexibility index (Phi) is 4.79.